The number of nitrogens with zero attached hydrogens (tertiary/aromatic N) is 4. The topological polar surface area (TPSA) is 57.5 Å². The van der Waals surface area contributed by atoms with Gasteiger partial charge in [0, 0.05) is 26.0 Å². The highest BCUT2D eigenvalue weighted by atomic mass is 127. The van der Waals surface area contributed by atoms with Crippen molar-refractivity contribution in [2.75, 3.05) is 26.7 Å². The molecular formula is C19H27F2IN6. The zero-order valence-corrected chi connectivity index (χ0v) is 18.2. The first kappa shape index (κ1) is 22.5. The lowest BCUT2D eigenvalue weighted by Gasteiger charge is -2.29. The summed E-state index contributed by atoms with van der Waals surface area (Å²) in [7, 11) is 1.67. The number of guanidine groups is 1. The fraction of sp³-hybridized carbons (Fsp3) is 0.474. The number of imidazole rings is 1. The molecule has 2 heterocycles. The molecule has 2 N–H and O–H groups in total. The molecule has 1 saturated heterocycles. The van der Waals surface area contributed by atoms with Crippen LogP contribution in [-0.2, 0) is 6.54 Å². The van der Waals surface area contributed by atoms with E-state index in [2.05, 4.69) is 49.8 Å². The number of hydrogen-bond donors (Lipinski definition) is 2. The standard InChI is InChI=1S/C19H26F2N6.HI/c1-22-19(25-14-17-23-9-12-27(17)18(20)21)24-13-16(26-10-5-6-11-26)15-7-3-2-4-8-15;/h2-4,7-9,12,16,18H,5-6,10-11,13-14H2,1H3,(H2,22,24,25);1H. The third kappa shape index (κ3) is 5.87. The number of hydrogen-bond acceptors (Lipinski definition) is 3. The number of likely N-dealkylation sites (tertiary alicyclic amines) is 1. The van der Waals surface area contributed by atoms with Gasteiger partial charge in [0.2, 0.25) is 0 Å². The fourth-order valence-corrected chi connectivity index (χ4v) is 3.42. The van der Waals surface area contributed by atoms with Crippen molar-refractivity contribution in [3.05, 3.63) is 54.1 Å². The molecule has 28 heavy (non-hydrogen) atoms. The summed E-state index contributed by atoms with van der Waals surface area (Å²) in [5.74, 6) is 0.839. The van der Waals surface area contributed by atoms with Crippen LogP contribution >= 0.6 is 24.0 Å². The molecule has 154 valence electrons. The predicted octanol–water partition coefficient (Wildman–Crippen LogP) is 3.40. The maximum atomic E-state index is 12.9. The van der Waals surface area contributed by atoms with Crippen LogP contribution in [0.3, 0.4) is 0 Å². The van der Waals surface area contributed by atoms with Crippen molar-refractivity contribution in [1.29, 1.82) is 0 Å². The van der Waals surface area contributed by atoms with Gasteiger partial charge in [0.1, 0.15) is 5.82 Å². The summed E-state index contributed by atoms with van der Waals surface area (Å²) in [6.07, 6.45) is 5.08. The number of rotatable bonds is 7. The molecule has 0 aliphatic carbocycles. The Hall–Kier alpha value is -1.75. The van der Waals surface area contributed by atoms with Gasteiger partial charge in [-0.2, -0.15) is 8.78 Å². The van der Waals surface area contributed by atoms with Crippen LogP contribution in [0.25, 0.3) is 0 Å². The molecule has 0 amide bonds. The van der Waals surface area contributed by atoms with E-state index in [1.54, 1.807) is 7.05 Å². The van der Waals surface area contributed by atoms with Crippen molar-refractivity contribution in [2.24, 2.45) is 4.99 Å². The van der Waals surface area contributed by atoms with Gasteiger partial charge < -0.3 is 10.6 Å². The van der Waals surface area contributed by atoms with Gasteiger partial charge in [-0.15, -0.1) is 24.0 Å². The van der Waals surface area contributed by atoms with E-state index in [4.69, 9.17) is 0 Å². The van der Waals surface area contributed by atoms with E-state index >= 15 is 0 Å². The Morgan fingerprint density at radius 1 is 1.18 bits per heavy atom. The fourth-order valence-electron chi connectivity index (χ4n) is 3.42. The van der Waals surface area contributed by atoms with E-state index in [0.717, 1.165) is 17.7 Å². The lowest BCUT2D eigenvalue weighted by molar-refractivity contribution is 0.0668. The first-order valence-corrected chi connectivity index (χ1v) is 9.22. The molecule has 1 aromatic heterocycles. The molecule has 9 heteroatoms. The molecule has 1 atom stereocenters. The van der Waals surface area contributed by atoms with E-state index in [9.17, 15) is 8.78 Å². The second-order valence-corrected chi connectivity index (χ2v) is 6.50. The van der Waals surface area contributed by atoms with Crippen molar-refractivity contribution < 1.29 is 8.78 Å². The van der Waals surface area contributed by atoms with Crippen LogP contribution in [0.5, 0.6) is 0 Å². The van der Waals surface area contributed by atoms with Crippen molar-refractivity contribution in [3.63, 3.8) is 0 Å². The highest BCUT2D eigenvalue weighted by Gasteiger charge is 2.23. The average molecular weight is 504 g/mol. The Kier molecular flexibility index (Phi) is 9.10. The number of aliphatic imine (C=N–C) groups is 1. The second-order valence-electron chi connectivity index (χ2n) is 6.50. The first-order valence-electron chi connectivity index (χ1n) is 9.22. The Balaban J connectivity index is 0.00000280. The van der Waals surface area contributed by atoms with Crippen LogP contribution in [0.4, 0.5) is 8.78 Å². The molecule has 0 radical (unpaired) electrons. The molecule has 1 aliphatic rings. The van der Waals surface area contributed by atoms with Crippen molar-refractivity contribution in [2.45, 2.75) is 32.0 Å². The molecule has 0 saturated carbocycles. The Morgan fingerprint density at radius 2 is 1.89 bits per heavy atom. The van der Waals surface area contributed by atoms with Crippen molar-refractivity contribution in [1.82, 2.24) is 25.1 Å². The average Bonchev–Trinajstić information content (AvgIpc) is 3.37. The smallest absolute Gasteiger partial charge is 0.319 e. The van der Waals surface area contributed by atoms with Gasteiger partial charge in [-0.25, -0.2) is 4.98 Å². The molecule has 6 nitrogen and oxygen atoms in total. The highest BCUT2D eigenvalue weighted by molar-refractivity contribution is 14.0. The lowest BCUT2D eigenvalue weighted by Crippen LogP contribution is -2.42. The molecular weight excluding hydrogens is 477 g/mol. The summed E-state index contributed by atoms with van der Waals surface area (Å²) in [5.41, 5.74) is 1.26. The molecule has 0 spiro atoms. The highest BCUT2D eigenvalue weighted by Crippen LogP contribution is 2.24. The Labute approximate surface area is 181 Å². The molecule has 1 unspecified atom stereocenters. The van der Waals surface area contributed by atoms with Gasteiger partial charge in [0.25, 0.3) is 0 Å². The summed E-state index contributed by atoms with van der Waals surface area (Å²) < 4.78 is 26.7. The van der Waals surface area contributed by atoms with Gasteiger partial charge in [-0.3, -0.25) is 14.5 Å². The summed E-state index contributed by atoms with van der Waals surface area (Å²) in [5, 5.41) is 6.40. The predicted molar refractivity (Wildman–Crippen MR) is 117 cm³/mol. The number of alkyl halides is 2. The minimum Gasteiger partial charge on any atom is -0.354 e. The van der Waals surface area contributed by atoms with Gasteiger partial charge in [-0.05, 0) is 31.5 Å². The molecule has 2 aromatic rings. The van der Waals surface area contributed by atoms with E-state index < -0.39 is 6.55 Å². The Morgan fingerprint density at radius 3 is 2.54 bits per heavy atom. The van der Waals surface area contributed by atoms with Crippen LogP contribution in [0, 0.1) is 0 Å². The normalized spacial score (nSPS) is 16.1. The quantitative estimate of drug-likeness (QED) is 0.345. The van der Waals surface area contributed by atoms with Gasteiger partial charge in [0.15, 0.2) is 5.96 Å². The minimum atomic E-state index is -2.60. The molecule has 0 bridgehead atoms. The zero-order valence-electron chi connectivity index (χ0n) is 15.9. The largest absolute Gasteiger partial charge is 0.354 e. The lowest BCUT2D eigenvalue weighted by atomic mass is 10.1. The number of nitrogens with one attached hydrogen (secondary N) is 2. The first-order chi connectivity index (χ1) is 13.2. The third-order valence-electron chi connectivity index (χ3n) is 4.83. The minimum absolute atomic E-state index is 0. The van der Waals surface area contributed by atoms with Crippen LogP contribution in [0.1, 0.15) is 36.8 Å². The van der Waals surface area contributed by atoms with Gasteiger partial charge in [-0.1, -0.05) is 30.3 Å². The Bertz CT molecular complexity index is 731. The van der Waals surface area contributed by atoms with Crippen LogP contribution in [0.2, 0.25) is 0 Å². The zero-order chi connectivity index (χ0) is 19.1. The summed E-state index contributed by atoms with van der Waals surface area (Å²) in [6, 6.07) is 10.6. The molecule has 1 aliphatic heterocycles. The van der Waals surface area contributed by atoms with E-state index in [1.165, 1.54) is 30.8 Å². The monoisotopic (exact) mass is 504 g/mol. The maximum Gasteiger partial charge on any atom is 0.319 e. The molecule has 3 rings (SSSR count). The van der Waals surface area contributed by atoms with Crippen LogP contribution in [-0.4, -0.2) is 47.1 Å². The number of aromatic nitrogens is 2. The van der Waals surface area contributed by atoms with Crippen LogP contribution < -0.4 is 10.6 Å². The van der Waals surface area contributed by atoms with Crippen molar-refractivity contribution >= 4 is 29.9 Å². The third-order valence-corrected chi connectivity index (χ3v) is 4.83. The van der Waals surface area contributed by atoms with E-state index in [1.807, 2.05) is 6.07 Å². The summed E-state index contributed by atoms with van der Waals surface area (Å²) in [6.45, 7) is 0.430. The summed E-state index contributed by atoms with van der Waals surface area (Å²) in [4.78, 5) is 10.7. The number of halogens is 3. The SMILES string of the molecule is CN=C(NCc1nccn1C(F)F)NCC(c1ccccc1)N1CCCC1.I. The molecule has 1 fully saturated rings. The van der Waals surface area contributed by atoms with Gasteiger partial charge >= 0.3 is 6.55 Å². The number of benzene rings is 1. The second kappa shape index (κ2) is 11.3. The van der Waals surface area contributed by atoms with Gasteiger partial charge in [0.05, 0.1) is 12.6 Å². The maximum absolute atomic E-state index is 12.9. The van der Waals surface area contributed by atoms with Crippen LogP contribution in [0.15, 0.2) is 47.7 Å². The molecule has 1 aromatic carbocycles. The summed E-state index contributed by atoms with van der Waals surface area (Å²) >= 11 is 0. The van der Waals surface area contributed by atoms with Crippen molar-refractivity contribution in [3.8, 4) is 0 Å². The van der Waals surface area contributed by atoms with E-state index in [0.29, 0.717) is 12.5 Å². The van der Waals surface area contributed by atoms with E-state index in [-0.39, 0.29) is 42.4 Å².